The molecule has 2 amide bonds. The van der Waals surface area contributed by atoms with Gasteiger partial charge in [0.05, 0.1) is 6.20 Å². The summed E-state index contributed by atoms with van der Waals surface area (Å²) < 4.78 is 1.67. The highest BCUT2D eigenvalue weighted by Gasteiger charge is 2.21. The molecule has 0 saturated carbocycles. The molecule has 0 spiro atoms. The molecule has 0 radical (unpaired) electrons. The average molecular weight is 392 g/mol. The maximum Gasteiger partial charge on any atom is 0.246 e. The first kappa shape index (κ1) is 20.9. The van der Waals surface area contributed by atoms with Gasteiger partial charge in [0, 0.05) is 44.0 Å². The van der Waals surface area contributed by atoms with Crippen molar-refractivity contribution < 1.29 is 9.59 Å². The number of likely N-dealkylation sites (N-methyl/N-ethyl adjacent to an activating group) is 1. The number of benzene rings is 1. The molecule has 2 N–H and O–H groups in total. The van der Waals surface area contributed by atoms with Crippen LogP contribution in [0.5, 0.6) is 0 Å². The lowest BCUT2D eigenvalue weighted by Crippen LogP contribution is -2.34. The molecule has 1 aromatic heterocycles. The molecule has 7 nitrogen and oxygen atoms in total. The van der Waals surface area contributed by atoms with E-state index in [-0.39, 0.29) is 24.2 Å². The van der Waals surface area contributed by atoms with Crippen LogP contribution < -0.4 is 10.6 Å². The number of aryl methyl sites for hydroxylation is 1. The van der Waals surface area contributed by atoms with E-state index < -0.39 is 6.04 Å². The lowest BCUT2D eigenvalue weighted by Gasteiger charge is -2.27. The minimum atomic E-state index is -0.476. The normalized spacial score (nSPS) is 15.2. The first-order valence-corrected chi connectivity index (χ1v) is 8.90. The van der Waals surface area contributed by atoms with Gasteiger partial charge in [-0.2, -0.15) is 5.10 Å². The summed E-state index contributed by atoms with van der Waals surface area (Å²) in [5, 5.41) is 10.1. The van der Waals surface area contributed by atoms with Crippen LogP contribution in [0.15, 0.2) is 36.7 Å². The van der Waals surface area contributed by atoms with Crippen LogP contribution in [0.3, 0.4) is 0 Å². The monoisotopic (exact) mass is 391 g/mol. The van der Waals surface area contributed by atoms with Crippen LogP contribution in [0.25, 0.3) is 0 Å². The molecule has 3 rings (SSSR count). The van der Waals surface area contributed by atoms with Crippen molar-refractivity contribution in [1.29, 1.82) is 0 Å². The summed E-state index contributed by atoms with van der Waals surface area (Å²) in [5.41, 5.74) is 2.55. The molecule has 27 heavy (non-hydrogen) atoms. The van der Waals surface area contributed by atoms with Gasteiger partial charge >= 0.3 is 0 Å². The Morgan fingerprint density at radius 1 is 1.33 bits per heavy atom. The van der Waals surface area contributed by atoms with Gasteiger partial charge in [-0.05, 0) is 37.6 Å². The van der Waals surface area contributed by atoms with Crippen LogP contribution >= 0.6 is 12.4 Å². The first-order valence-electron chi connectivity index (χ1n) is 8.90. The molecule has 1 unspecified atom stereocenters. The lowest BCUT2D eigenvalue weighted by atomic mass is 10.1. The summed E-state index contributed by atoms with van der Waals surface area (Å²) in [7, 11) is 3.56. The number of hydrogen-bond donors (Lipinski definition) is 2. The highest BCUT2D eigenvalue weighted by atomic mass is 35.5. The van der Waals surface area contributed by atoms with Crippen LogP contribution in [-0.2, 0) is 23.2 Å². The zero-order valence-corrected chi connectivity index (χ0v) is 16.5. The molecule has 1 aliphatic heterocycles. The zero-order chi connectivity index (χ0) is 18.5. The second-order valence-electron chi connectivity index (χ2n) is 6.63. The van der Waals surface area contributed by atoms with Crippen LogP contribution in [0.2, 0.25) is 0 Å². The number of hydrogen-bond acceptors (Lipinski definition) is 4. The van der Waals surface area contributed by atoms with Gasteiger partial charge in [0.25, 0.3) is 0 Å². The van der Waals surface area contributed by atoms with Crippen molar-refractivity contribution in [2.24, 2.45) is 7.05 Å². The Morgan fingerprint density at radius 3 is 2.81 bits per heavy atom. The van der Waals surface area contributed by atoms with Crippen LogP contribution in [0, 0.1) is 0 Å². The van der Waals surface area contributed by atoms with E-state index in [1.54, 1.807) is 17.9 Å². The minimum Gasteiger partial charge on any atom is -0.338 e. The molecule has 8 heteroatoms. The zero-order valence-electron chi connectivity index (χ0n) is 15.6. The van der Waals surface area contributed by atoms with E-state index >= 15 is 0 Å². The molecule has 0 bridgehead atoms. The van der Waals surface area contributed by atoms with E-state index in [4.69, 9.17) is 0 Å². The third kappa shape index (κ3) is 5.30. The topological polar surface area (TPSA) is 79.3 Å². The maximum absolute atomic E-state index is 12.6. The Kier molecular flexibility index (Phi) is 7.38. The summed E-state index contributed by atoms with van der Waals surface area (Å²) >= 11 is 0. The molecule has 1 aliphatic rings. The SMILES string of the molecule is CNC(C(=O)Nc1cccc(CN2CCCCC2=O)c1)c1cnn(C)c1.Cl. The summed E-state index contributed by atoms with van der Waals surface area (Å²) in [6, 6.07) is 7.19. The van der Waals surface area contributed by atoms with Gasteiger partial charge in [-0.3, -0.25) is 14.3 Å². The number of halogens is 1. The fraction of sp³-hybridized carbons (Fsp3) is 0.421. The Morgan fingerprint density at radius 2 is 2.15 bits per heavy atom. The smallest absolute Gasteiger partial charge is 0.246 e. The number of carbonyl (C=O) groups is 2. The molecular formula is C19H26ClN5O2. The van der Waals surface area contributed by atoms with E-state index in [0.717, 1.165) is 36.2 Å². The fourth-order valence-electron chi connectivity index (χ4n) is 3.25. The average Bonchev–Trinajstić information content (AvgIpc) is 3.04. The van der Waals surface area contributed by atoms with Crippen molar-refractivity contribution >= 4 is 29.9 Å². The summed E-state index contributed by atoms with van der Waals surface area (Å²) in [6.07, 6.45) is 6.16. The van der Waals surface area contributed by atoms with E-state index in [1.807, 2.05) is 42.4 Å². The number of nitrogens with one attached hydrogen (secondary N) is 2. The predicted octanol–water partition coefficient (Wildman–Crippen LogP) is 2.25. The van der Waals surface area contributed by atoms with E-state index in [2.05, 4.69) is 15.7 Å². The number of piperidine rings is 1. The van der Waals surface area contributed by atoms with Crippen LogP contribution in [0.1, 0.15) is 36.4 Å². The number of anilines is 1. The van der Waals surface area contributed by atoms with E-state index in [0.29, 0.717) is 13.0 Å². The number of rotatable bonds is 6. The van der Waals surface area contributed by atoms with Gasteiger partial charge in [-0.25, -0.2) is 0 Å². The van der Waals surface area contributed by atoms with Gasteiger partial charge in [-0.15, -0.1) is 12.4 Å². The predicted molar refractivity (Wildman–Crippen MR) is 107 cm³/mol. The third-order valence-corrected chi connectivity index (χ3v) is 4.60. The van der Waals surface area contributed by atoms with Gasteiger partial charge in [-0.1, -0.05) is 12.1 Å². The number of nitrogens with zero attached hydrogens (tertiary/aromatic N) is 3. The van der Waals surface area contributed by atoms with Crippen molar-refractivity contribution in [2.75, 3.05) is 18.9 Å². The fourth-order valence-corrected chi connectivity index (χ4v) is 3.25. The maximum atomic E-state index is 12.6. The van der Waals surface area contributed by atoms with E-state index in [1.165, 1.54) is 0 Å². The Hall–Kier alpha value is -2.38. The number of amides is 2. The summed E-state index contributed by atoms with van der Waals surface area (Å²) in [4.78, 5) is 26.5. The van der Waals surface area contributed by atoms with Crippen molar-refractivity contribution in [3.63, 3.8) is 0 Å². The highest BCUT2D eigenvalue weighted by Crippen LogP contribution is 2.19. The molecule has 146 valence electrons. The van der Waals surface area contributed by atoms with Gasteiger partial charge in [0.15, 0.2) is 0 Å². The number of aromatic nitrogens is 2. The standard InChI is InChI=1S/C19H25N5O2.ClH/c1-20-18(15-11-21-23(2)13-15)19(26)22-16-7-5-6-14(10-16)12-24-9-4-3-8-17(24)25;/h5-7,10-11,13,18,20H,3-4,8-9,12H2,1-2H3,(H,22,26);1H. The quantitative estimate of drug-likeness (QED) is 0.791. The minimum absolute atomic E-state index is 0. The van der Waals surface area contributed by atoms with Crippen molar-refractivity contribution in [2.45, 2.75) is 31.8 Å². The molecule has 1 fully saturated rings. The van der Waals surface area contributed by atoms with Crippen molar-refractivity contribution in [3.8, 4) is 0 Å². The van der Waals surface area contributed by atoms with Gasteiger partial charge in [0.2, 0.25) is 11.8 Å². The van der Waals surface area contributed by atoms with Gasteiger partial charge in [0.1, 0.15) is 6.04 Å². The summed E-state index contributed by atoms with van der Waals surface area (Å²) in [6.45, 7) is 1.39. The highest BCUT2D eigenvalue weighted by molar-refractivity contribution is 5.95. The van der Waals surface area contributed by atoms with Gasteiger partial charge < -0.3 is 15.5 Å². The van der Waals surface area contributed by atoms with Crippen LogP contribution in [-0.4, -0.2) is 40.1 Å². The molecule has 1 aromatic carbocycles. The molecule has 0 aliphatic carbocycles. The lowest BCUT2D eigenvalue weighted by molar-refractivity contribution is -0.133. The second kappa shape index (κ2) is 9.53. The molecule has 2 heterocycles. The number of carbonyl (C=O) groups excluding carboxylic acids is 2. The summed E-state index contributed by atoms with van der Waals surface area (Å²) in [5.74, 6) is 0.0595. The number of likely N-dealkylation sites (tertiary alicyclic amines) is 1. The Balaban J connectivity index is 0.00000261. The third-order valence-electron chi connectivity index (χ3n) is 4.60. The van der Waals surface area contributed by atoms with Crippen LogP contribution in [0.4, 0.5) is 5.69 Å². The Bertz CT molecular complexity index is 792. The molecular weight excluding hydrogens is 366 g/mol. The Labute approximate surface area is 165 Å². The molecule has 2 aromatic rings. The van der Waals surface area contributed by atoms with Crippen molar-refractivity contribution in [1.82, 2.24) is 20.0 Å². The largest absolute Gasteiger partial charge is 0.338 e. The second-order valence-corrected chi connectivity index (χ2v) is 6.63. The van der Waals surface area contributed by atoms with Crippen molar-refractivity contribution in [3.05, 3.63) is 47.8 Å². The molecule has 1 atom stereocenters. The first-order chi connectivity index (χ1) is 12.6. The van der Waals surface area contributed by atoms with E-state index in [9.17, 15) is 9.59 Å². The molecule has 1 saturated heterocycles.